The van der Waals surface area contributed by atoms with E-state index in [4.69, 9.17) is 4.52 Å². The third kappa shape index (κ3) is 7.54. The molecule has 12 heteroatoms. The summed E-state index contributed by atoms with van der Waals surface area (Å²) in [7, 11) is 0. The van der Waals surface area contributed by atoms with E-state index in [2.05, 4.69) is 71.3 Å². The highest BCUT2D eigenvalue weighted by molar-refractivity contribution is 7.17. The molecule has 0 radical (unpaired) electrons. The molecule has 0 bridgehead atoms. The third-order valence-electron chi connectivity index (χ3n) is 8.33. The van der Waals surface area contributed by atoms with E-state index in [0.717, 1.165) is 29.4 Å². The van der Waals surface area contributed by atoms with Gasteiger partial charge in [0.15, 0.2) is 0 Å². The number of aromatic amines is 1. The number of hydrogen-bond acceptors (Lipinski definition) is 8. The molecule has 2 atom stereocenters. The highest BCUT2D eigenvalue weighted by Gasteiger charge is 2.32. The molecule has 4 heterocycles. The molecule has 5 rings (SSSR count). The fourth-order valence-electron chi connectivity index (χ4n) is 5.42. The second-order valence-electron chi connectivity index (χ2n) is 14.0. The minimum absolute atomic E-state index is 0.120. The Morgan fingerprint density at radius 1 is 1.24 bits per heavy atom. The zero-order valence-corrected chi connectivity index (χ0v) is 28.4. The number of carbonyl (C=O) groups excluding carboxylic acids is 2. The molecule has 2 N–H and O–H groups in total. The highest BCUT2D eigenvalue weighted by atomic mass is 32.1. The Morgan fingerprint density at radius 3 is 2.70 bits per heavy atom. The number of rotatable bonds is 8. The minimum atomic E-state index is -0.403. The molecule has 0 spiro atoms. The lowest BCUT2D eigenvalue weighted by atomic mass is 9.88. The normalized spacial score (nSPS) is 17.1. The average molecular weight is 643 g/mol. The van der Waals surface area contributed by atoms with Gasteiger partial charge >= 0.3 is 0 Å². The van der Waals surface area contributed by atoms with Gasteiger partial charge in [0.1, 0.15) is 11.6 Å². The molecule has 11 nitrogen and oxygen atoms in total. The summed E-state index contributed by atoms with van der Waals surface area (Å²) in [5.41, 5.74) is 3.18. The number of nitriles is 1. The maximum Gasteiger partial charge on any atom is 0.290 e. The minimum Gasteiger partial charge on any atom is -0.342 e. The van der Waals surface area contributed by atoms with E-state index in [9.17, 15) is 14.9 Å². The van der Waals surface area contributed by atoms with Crippen molar-refractivity contribution >= 4 is 34.2 Å². The molecule has 1 aliphatic heterocycles. The Kier molecular flexibility index (Phi) is 9.47. The molecule has 242 valence electrons. The number of H-pyrrole nitrogens is 1. The Hall–Kier alpha value is -4.34. The summed E-state index contributed by atoms with van der Waals surface area (Å²) in [5.74, 6) is -0.251. The molecule has 2 unspecified atom stereocenters. The van der Waals surface area contributed by atoms with Crippen molar-refractivity contribution in [1.29, 1.82) is 5.26 Å². The van der Waals surface area contributed by atoms with Crippen LogP contribution in [0.3, 0.4) is 0 Å². The van der Waals surface area contributed by atoms with Crippen LogP contribution in [0.4, 0.5) is 0 Å². The van der Waals surface area contributed by atoms with Gasteiger partial charge < -0.3 is 24.3 Å². The largest absolute Gasteiger partial charge is 0.342 e. The summed E-state index contributed by atoms with van der Waals surface area (Å²) in [6.07, 6.45) is 4.59. The number of allylic oxidation sites excluding steroid dienone is 1. The fraction of sp³-hybridized carbons (Fsp3) is 0.471. The number of likely N-dealkylation sites (tertiary alicyclic amines) is 1. The predicted octanol–water partition coefficient (Wildman–Crippen LogP) is 5.83. The van der Waals surface area contributed by atoms with E-state index >= 15 is 0 Å². The van der Waals surface area contributed by atoms with Crippen molar-refractivity contribution in [2.45, 2.75) is 86.5 Å². The van der Waals surface area contributed by atoms with Crippen molar-refractivity contribution in [3.63, 3.8) is 0 Å². The van der Waals surface area contributed by atoms with Crippen LogP contribution >= 0.6 is 11.3 Å². The average Bonchev–Trinajstić information content (AvgIpc) is 3.80. The number of imidazole rings is 1. The van der Waals surface area contributed by atoms with Crippen LogP contribution < -0.4 is 10.9 Å². The van der Waals surface area contributed by atoms with Gasteiger partial charge in [0.25, 0.3) is 11.8 Å². The van der Waals surface area contributed by atoms with Crippen molar-refractivity contribution in [3.05, 3.63) is 64.4 Å². The third-order valence-corrected chi connectivity index (χ3v) is 9.40. The Bertz CT molecular complexity index is 1860. The second-order valence-corrected chi connectivity index (χ2v) is 15.1. The smallest absolute Gasteiger partial charge is 0.290 e. The summed E-state index contributed by atoms with van der Waals surface area (Å²) in [5, 5.41) is 17.3. The monoisotopic (exact) mass is 642 g/mol. The number of nitrogens with zero attached hydrogens (tertiary/aromatic N) is 6. The number of hydrogen-bond donors (Lipinski definition) is 2. The maximum absolute atomic E-state index is 13.6. The van der Waals surface area contributed by atoms with Crippen LogP contribution in [0.5, 0.6) is 0 Å². The molecule has 1 saturated heterocycles. The predicted molar refractivity (Wildman–Crippen MR) is 177 cm³/mol. The number of thiophene rings is 1. The molecule has 0 saturated carbocycles. The van der Waals surface area contributed by atoms with Crippen LogP contribution in [0, 0.1) is 22.2 Å². The molecule has 4 aromatic rings. The number of carbonyl (C=O) groups is 2. The number of amides is 2. The van der Waals surface area contributed by atoms with Gasteiger partial charge in [-0.15, -0.1) is 11.3 Å². The topological polar surface area (TPSA) is 145 Å². The zero-order valence-electron chi connectivity index (χ0n) is 27.5. The van der Waals surface area contributed by atoms with E-state index in [1.54, 1.807) is 23.1 Å². The van der Waals surface area contributed by atoms with E-state index in [0.29, 0.717) is 46.9 Å². The molecule has 2 amide bonds. The first-order valence-corrected chi connectivity index (χ1v) is 16.4. The summed E-state index contributed by atoms with van der Waals surface area (Å²) >= 11 is 1.24. The first kappa shape index (κ1) is 33.0. The van der Waals surface area contributed by atoms with Gasteiger partial charge in [-0.1, -0.05) is 58.8 Å². The first-order chi connectivity index (χ1) is 21.7. The van der Waals surface area contributed by atoms with Crippen LogP contribution in [0.15, 0.2) is 57.9 Å². The number of aromatic nitrogens is 4. The molecule has 1 fully saturated rings. The van der Waals surface area contributed by atoms with E-state index in [-0.39, 0.29) is 28.4 Å². The maximum atomic E-state index is 13.6. The van der Waals surface area contributed by atoms with Crippen LogP contribution in [0.2, 0.25) is 0 Å². The van der Waals surface area contributed by atoms with Crippen LogP contribution in [0.1, 0.15) is 76.5 Å². The van der Waals surface area contributed by atoms with E-state index < -0.39 is 5.91 Å². The van der Waals surface area contributed by atoms with Crippen LogP contribution in [-0.2, 0) is 17.9 Å². The number of benzene rings is 1. The molecule has 3 aromatic heterocycles. The van der Waals surface area contributed by atoms with Gasteiger partial charge in [-0.05, 0) is 60.4 Å². The summed E-state index contributed by atoms with van der Waals surface area (Å²) in [6, 6.07) is 11.9. The van der Waals surface area contributed by atoms with E-state index in [1.165, 1.54) is 17.7 Å². The van der Waals surface area contributed by atoms with Crippen molar-refractivity contribution in [3.8, 4) is 16.8 Å². The van der Waals surface area contributed by atoms with Crippen molar-refractivity contribution in [2.75, 3.05) is 6.54 Å². The Morgan fingerprint density at radius 2 is 2.02 bits per heavy atom. The number of fused-ring (bicyclic) bond motifs is 1. The van der Waals surface area contributed by atoms with Gasteiger partial charge in [-0.3, -0.25) is 9.59 Å². The molecule has 1 aliphatic rings. The van der Waals surface area contributed by atoms with Crippen LogP contribution in [0.25, 0.3) is 21.7 Å². The second kappa shape index (κ2) is 13.2. The lowest BCUT2D eigenvalue weighted by Gasteiger charge is -2.28. The molecular formula is C34H42N8O3S. The van der Waals surface area contributed by atoms with Crippen molar-refractivity contribution in [1.82, 2.24) is 29.9 Å². The molecule has 0 aliphatic carbocycles. The van der Waals surface area contributed by atoms with Gasteiger partial charge in [0, 0.05) is 25.7 Å². The van der Waals surface area contributed by atoms with E-state index in [1.807, 2.05) is 31.4 Å². The van der Waals surface area contributed by atoms with Gasteiger partial charge in [0.05, 0.1) is 26.8 Å². The molecule has 46 heavy (non-hydrogen) atoms. The quantitative estimate of drug-likeness (QED) is 0.182. The Balaban J connectivity index is 1.50. The summed E-state index contributed by atoms with van der Waals surface area (Å²) in [6.45, 7) is 16.4. The lowest BCUT2D eigenvalue weighted by molar-refractivity contribution is -0.127. The van der Waals surface area contributed by atoms with Crippen molar-refractivity contribution in [2.24, 2.45) is 15.8 Å². The SMILES string of the molecule is CC(NCc1ccc2c(c1)[nH]c(=NC(=O)c1ccc(-c3ncon3)s1)n2CC1CCCN1C(=O)C(C#N)=CC(C)(C)C)C(C)(C)C. The van der Waals surface area contributed by atoms with Gasteiger partial charge in [-0.25, -0.2) is 0 Å². The molecular weight excluding hydrogens is 600 g/mol. The summed E-state index contributed by atoms with van der Waals surface area (Å²) in [4.78, 5) is 42.0. The lowest BCUT2D eigenvalue weighted by Crippen LogP contribution is -2.40. The van der Waals surface area contributed by atoms with Gasteiger partial charge in [-0.2, -0.15) is 15.2 Å². The fourth-order valence-corrected chi connectivity index (χ4v) is 6.24. The first-order valence-electron chi connectivity index (χ1n) is 15.6. The number of nitrogens with one attached hydrogen (secondary N) is 2. The van der Waals surface area contributed by atoms with Crippen molar-refractivity contribution < 1.29 is 14.1 Å². The Labute approximate surface area is 273 Å². The summed E-state index contributed by atoms with van der Waals surface area (Å²) < 4.78 is 6.83. The highest BCUT2D eigenvalue weighted by Crippen LogP contribution is 2.27. The standard InChI is InChI=1S/C34H42N8O3S/c1-21(34(5,6)7)36-18-22-10-11-26-25(15-22)38-32(39-30(43)28-13-12-27(46-28)29-37-20-45-40-29)42(26)19-24-9-8-14-41(24)31(44)23(17-35)16-33(2,3)4/h10-13,15-16,20-21,24,36H,8-9,14,18-19H2,1-7H3,(H,38,39,43). The molecule has 1 aromatic carbocycles. The zero-order chi connectivity index (χ0) is 33.2. The van der Waals surface area contributed by atoms with Gasteiger partial charge in [0.2, 0.25) is 17.8 Å². The van der Waals surface area contributed by atoms with Crippen LogP contribution in [-0.4, -0.2) is 55.0 Å².